The summed E-state index contributed by atoms with van der Waals surface area (Å²) in [5.74, 6) is -0.259. The molecule has 6 heteroatoms. The summed E-state index contributed by atoms with van der Waals surface area (Å²) >= 11 is 0. The van der Waals surface area contributed by atoms with Crippen LogP contribution in [0.15, 0.2) is 30.3 Å². The van der Waals surface area contributed by atoms with E-state index in [1.165, 1.54) is 0 Å². The van der Waals surface area contributed by atoms with Gasteiger partial charge in [0.2, 0.25) is 0 Å². The molecule has 0 bridgehead atoms. The largest absolute Gasteiger partial charge is 0.465 e. The van der Waals surface area contributed by atoms with Crippen LogP contribution in [-0.2, 0) is 9.31 Å². The molecule has 2 atom stereocenters. The highest BCUT2D eigenvalue weighted by Gasteiger charge is 2.54. The van der Waals surface area contributed by atoms with Crippen LogP contribution in [-0.4, -0.2) is 37.3 Å². The average molecular weight is 339 g/mol. The Morgan fingerprint density at radius 1 is 1.04 bits per heavy atom. The Kier molecular flexibility index (Phi) is 6.05. The maximum atomic E-state index is 13.4. The average Bonchev–Trinajstić information content (AvgIpc) is 2.72. The second kappa shape index (κ2) is 7.50. The third kappa shape index (κ3) is 4.16. The molecule has 0 aliphatic carbocycles. The van der Waals surface area contributed by atoms with Gasteiger partial charge in [0.25, 0.3) is 6.43 Å². The first-order valence-corrected chi connectivity index (χ1v) is 8.60. The predicted octanol–water partition coefficient (Wildman–Crippen LogP) is 4.03. The fourth-order valence-electron chi connectivity index (χ4n) is 2.97. The van der Waals surface area contributed by atoms with E-state index in [9.17, 15) is 8.78 Å². The first-order chi connectivity index (χ1) is 11.2. The molecule has 2 rings (SSSR count). The smallest absolute Gasteiger partial charge is 0.403 e. The van der Waals surface area contributed by atoms with Gasteiger partial charge in [0.05, 0.1) is 17.2 Å². The Morgan fingerprint density at radius 3 is 2.04 bits per heavy atom. The van der Waals surface area contributed by atoms with Gasteiger partial charge in [-0.25, -0.2) is 8.78 Å². The lowest BCUT2D eigenvalue weighted by atomic mass is 9.65. The van der Waals surface area contributed by atoms with E-state index in [-0.39, 0.29) is 12.2 Å². The van der Waals surface area contributed by atoms with Gasteiger partial charge in [-0.2, -0.15) is 0 Å². The van der Waals surface area contributed by atoms with Crippen molar-refractivity contribution in [1.29, 1.82) is 0 Å². The van der Waals surface area contributed by atoms with Crippen LogP contribution < -0.4 is 5.32 Å². The van der Waals surface area contributed by atoms with Crippen LogP contribution in [0.2, 0.25) is 0 Å². The van der Waals surface area contributed by atoms with Gasteiger partial charge in [0, 0.05) is 5.82 Å². The lowest BCUT2D eigenvalue weighted by molar-refractivity contribution is 0.00578. The Balaban J connectivity index is 2.28. The molecule has 2 unspecified atom stereocenters. The van der Waals surface area contributed by atoms with Crippen LogP contribution in [0.1, 0.15) is 52.4 Å². The normalized spacial score (nSPS) is 21.9. The summed E-state index contributed by atoms with van der Waals surface area (Å²) < 4.78 is 39.1. The number of alkyl halides is 2. The number of nitrogens with one attached hydrogen (secondary N) is 1. The van der Waals surface area contributed by atoms with E-state index in [0.29, 0.717) is 6.54 Å². The number of benzene rings is 1. The van der Waals surface area contributed by atoms with E-state index in [0.717, 1.165) is 5.56 Å². The molecule has 1 saturated heterocycles. The van der Waals surface area contributed by atoms with Crippen LogP contribution >= 0.6 is 0 Å². The van der Waals surface area contributed by atoms with E-state index in [2.05, 4.69) is 5.32 Å². The number of halogens is 2. The summed E-state index contributed by atoms with van der Waals surface area (Å²) in [5.41, 5.74) is -0.00794. The molecule has 1 N–H and O–H groups in total. The molecule has 1 heterocycles. The number of hydrogen-bond donors (Lipinski definition) is 1. The van der Waals surface area contributed by atoms with Crippen LogP contribution in [0, 0.1) is 0 Å². The molecule has 1 aromatic carbocycles. The monoisotopic (exact) mass is 339 g/mol. The van der Waals surface area contributed by atoms with Gasteiger partial charge in [-0.3, -0.25) is 0 Å². The van der Waals surface area contributed by atoms with Gasteiger partial charge in [0.1, 0.15) is 0 Å². The first kappa shape index (κ1) is 19.4. The van der Waals surface area contributed by atoms with E-state index >= 15 is 0 Å². The third-order valence-electron chi connectivity index (χ3n) is 5.11. The van der Waals surface area contributed by atoms with Crippen LogP contribution in [0.25, 0.3) is 0 Å². The topological polar surface area (TPSA) is 30.5 Å². The highest BCUT2D eigenvalue weighted by Crippen LogP contribution is 2.42. The van der Waals surface area contributed by atoms with Crippen molar-refractivity contribution in [3.8, 4) is 0 Å². The maximum Gasteiger partial charge on any atom is 0.465 e. The van der Waals surface area contributed by atoms with Gasteiger partial charge < -0.3 is 14.6 Å². The van der Waals surface area contributed by atoms with Gasteiger partial charge in [-0.1, -0.05) is 37.3 Å². The Morgan fingerprint density at radius 2 is 1.58 bits per heavy atom. The zero-order valence-corrected chi connectivity index (χ0v) is 15.2. The zero-order chi connectivity index (χ0) is 18.0. The van der Waals surface area contributed by atoms with E-state index in [1.54, 1.807) is 0 Å². The Labute approximate surface area is 144 Å². The van der Waals surface area contributed by atoms with Crippen molar-refractivity contribution in [3.63, 3.8) is 0 Å². The fraction of sp³-hybridized carbons (Fsp3) is 0.667. The predicted molar refractivity (Wildman–Crippen MR) is 93.4 cm³/mol. The van der Waals surface area contributed by atoms with E-state index in [1.807, 2.05) is 65.0 Å². The molecular formula is C18H28BF2NO2. The van der Waals surface area contributed by atoms with Crippen LogP contribution in [0.5, 0.6) is 0 Å². The van der Waals surface area contributed by atoms with Gasteiger partial charge >= 0.3 is 7.12 Å². The molecule has 1 aliphatic heterocycles. The maximum absolute atomic E-state index is 13.4. The summed E-state index contributed by atoms with van der Waals surface area (Å²) in [7, 11) is -0.544. The highest BCUT2D eigenvalue weighted by atomic mass is 19.3. The van der Waals surface area contributed by atoms with Crippen molar-refractivity contribution in [2.24, 2.45) is 0 Å². The first-order valence-electron chi connectivity index (χ1n) is 8.60. The summed E-state index contributed by atoms with van der Waals surface area (Å²) in [4.78, 5) is 0. The number of rotatable bonds is 7. The molecule has 1 aromatic rings. The fourth-order valence-corrected chi connectivity index (χ4v) is 2.97. The summed E-state index contributed by atoms with van der Waals surface area (Å²) in [6, 6.07) is 8.75. The quantitative estimate of drug-likeness (QED) is 0.761. The molecule has 1 fully saturated rings. The summed E-state index contributed by atoms with van der Waals surface area (Å²) in [6.07, 6.45) is -2.18. The highest BCUT2D eigenvalue weighted by molar-refractivity contribution is 6.47. The lowest BCUT2D eigenvalue weighted by Crippen LogP contribution is -2.41. The zero-order valence-electron chi connectivity index (χ0n) is 15.2. The standard InChI is InChI=1S/C18H28BF2NO2/c1-6-22-15(16(20)21)12-14(13-10-8-7-9-11-13)19-23-17(2,3)18(4,5)24-19/h7-11,14-16,22H,6,12H2,1-5H3. The molecule has 24 heavy (non-hydrogen) atoms. The molecular weight excluding hydrogens is 311 g/mol. The minimum atomic E-state index is -2.43. The van der Waals surface area contributed by atoms with Crippen LogP contribution in [0.4, 0.5) is 8.78 Å². The minimum absolute atomic E-state index is 0.256. The van der Waals surface area contributed by atoms with Crippen molar-refractivity contribution in [2.45, 2.75) is 70.5 Å². The second-order valence-corrected chi connectivity index (χ2v) is 7.38. The van der Waals surface area contributed by atoms with E-state index < -0.39 is 30.8 Å². The Bertz CT molecular complexity index is 509. The molecule has 134 valence electrons. The van der Waals surface area contributed by atoms with Gasteiger partial charge in [-0.15, -0.1) is 0 Å². The molecule has 1 aliphatic rings. The molecule has 0 aromatic heterocycles. The molecule has 0 amide bonds. The number of hydrogen-bond acceptors (Lipinski definition) is 3. The lowest BCUT2D eigenvalue weighted by Gasteiger charge is -2.32. The van der Waals surface area contributed by atoms with Crippen molar-refractivity contribution >= 4 is 7.12 Å². The molecule has 0 saturated carbocycles. The minimum Gasteiger partial charge on any atom is -0.403 e. The van der Waals surface area contributed by atoms with Crippen molar-refractivity contribution < 1.29 is 18.1 Å². The van der Waals surface area contributed by atoms with E-state index in [4.69, 9.17) is 9.31 Å². The third-order valence-corrected chi connectivity index (χ3v) is 5.11. The van der Waals surface area contributed by atoms with Gasteiger partial charge in [0.15, 0.2) is 0 Å². The van der Waals surface area contributed by atoms with Crippen molar-refractivity contribution in [3.05, 3.63) is 35.9 Å². The Hall–Kier alpha value is -0.975. The summed E-state index contributed by atoms with van der Waals surface area (Å²) in [6.45, 7) is 10.2. The SMILES string of the molecule is CCNC(CC(B1OC(C)(C)C(C)(C)O1)c1ccccc1)C(F)F. The second-order valence-electron chi connectivity index (χ2n) is 7.38. The molecule has 0 spiro atoms. The molecule has 0 radical (unpaired) electrons. The molecule has 3 nitrogen and oxygen atoms in total. The van der Waals surface area contributed by atoms with Gasteiger partial charge in [-0.05, 0) is 46.2 Å². The van der Waals surface area contributed by atoms with Crippen molar-refractivity contribution in [1.82, 2.24) is 5.32 Å². The van der Waals surface area contributed by atoms with Crippen LogP contribution in [0.3, 0.4) is 0 Å². The summed E-state index contributed by atoms with van der Waals surface area (Å²) in [5, 5.41) is 2.89. The van der Waals surface area contributed by atoms with Crippen molar-refractivity contribution in [2.75, 3.05) is 6.54 Å².